The molecule has 0 saturated heterocycles. The fraction of sp³-hybridized carbons (Fsp3) is 0.800. The van der Waals surface area contributed by atoms with Crippen LogP contribution < -0.4 is 11.1 Å². The number of rotatable bonds is 6. The average Bonchev–Trinajstić information content (AvgIpc) is 2.07. The van der Waals surface area contributed by atoms with Gasteiger partial charge in [-0.1, -0.05) is 0 Å². The molecule has 0 aromatic rings. The normalized spacial score (nSPS) is 10.9. The molecule has 0 aliphatic heterocycles. The molecular formula is C10H20N2O4. The summed E-state index contributed by atoms with van der Waals surface area (Å²) < 4.78 is 9.59. The number of nitrogens with one attached hydrogen (secondary N) is 1. The Kier molecular flexibility index (Phi) is 6.48. The minimum atomic E-state index is -0.797. The molecule has 0 radical (unpaired) electrons. The summed E-state index contributed by atoms with van der Waals surface area (Å²) in [6.45, 7) is 6.60. The number of carbonyl (C=O) groups is 2. The highest BCUT2D eigenvalue weighted by Gasteiger charge is 2.15. The molecule has 0 bridgehead atoms. The van der Waals surface area contributed by atoms with E-state index in [1.807, 2.05) is 20.8 Å². The number of ether oxygens (including phenoxy) is 2. The van der Waals surface area contributed by atoms with E-state index in [2.05, 4.69) is 10.1 Å². The van der Waals surface area contributed by atoms with E-state index in [4.69, 9.17) is 10.5 Å². The Balaban J connectivity index is 3.38. The molecule has 0 unspecified atom stereocenters. The third-order valence-corrected chi connectivity index (χ3v) is 1.45. The Bertz CT molecular complexity index is 235. The standard InChI is InChI=1S/C10H20N2O4/c1-10(2,3)16-8(13)4-5-12-6-7-15-9(11)14/h12H,4-7H2,1-3H3,(H2,11,14). The van der Waals surface area contributed by atoms with Gasteiger partial charge in [-0.15, -0.1) is 0 Å². The van der Waals surface area contributed by atoms with Gasteiger partial charge >= 0.3 is 12.1 Å². The fourth-order valence-electron chi connectivity index (χ4n) is 0.932. The number of primary amides is 1. The maximum absolute atomic E-state index is 11.2. The van der Waals surface area contributed by atoms with Crippen molar-refractivity contribution in [2.75, 3.05) is 19.7 Å². The predicted molar refractivity (Wildman–Crippen MR) is 58.9 cm³/mol. The van der Waals surface area contributed by atoms with E-state index in [0.29, 0.717) is 13.1 Å². The summed E-state index contributed by atoms with van der Waals surface area (Å²) in [5, 5.41) is 2.92. The molecule has 0 aromatic heterocycles. The van der Waals surface area contributed by atoms with Gasteiger partial charge in [-0.05, 0) is 20.8 Å². The molecule has 3 N–H and O–H groups in total. The van der Waals surface area contributed by atoms with Crippen molar-refractivity contribution in [2.45, 2.75) is 32.8 Å². The van der Waals surface area contributed by atoms with E-state index < -0.39 is 11.7 Å². The Morgan fingerprint density at radius 3 is 2.38 bits per heavy atom. The van der Waals surface area contributed by atoms with Crippen LogP contribution in [0, 0.1) is 0 Å². The number of carbonyl (C=O) groups excluding carboxylic acids is 2. The summed E-state index contributed by atoms with van der Waals surface area (Å²) in [7, 11) is 0. The summed E-state index contributed by atoms with van der Waals surface area (Å²) in [5.41, 5.74) is 4.31. The van der Waals surface area contributed by atoms with Gasteiger partial charge in [-0.25, -0.2) is 4.79 Å². The summed E-state index contributed by atoms with van der Waals surface area (Å²) in [6.07, 6.45) is -0.512. The molecule has 0 aromatic carbocycles. The van der Waals surface area contributed by atoms with Crippen molar-refractivity contribution in [1.82, 2.24) is 5.32 Å². The van der Waals surface area contributed by atoms with Crippen LogP contribution in [0.2, 0.25) is 0 Å². The van der Waals surface area contributed by atoms with E-state index in [-0.39, 0.29) is 19.0 Å². The Labute approximate surface area is 95.5 Å². The molecule has 0 fully saturated rings. The zero-order valence-corrected chi connectivity index (χ0v) is 10.0. The molecule has 6 nitrogen and oxygen atoms in total. The summed E-state index contributed by atoms with van der Waals surface area (Å²) in [4.78, 5) is 21.4. The van der Waals surface area contributed by atoms with Crippen molar-refractivity contribution in [3.63, 3.8) is 0 Å². The third-order valence-electron chi connectivity index (χ3n) is 1.45. The number of nitrogens with two attached hydrogens (primary N) is 1. The van der Waals surface area contributed by atoms with Gasteiger partial charge in [0.1, 0.15) is 12.2 Å². The highest BCUT2D eigenvalue weighted by Crippen LogP contribution is 2.07. The van der Waals surface area contributed by atoms with Gasteiger partial charge in [0, 0.05) is 13.1 Å². The van der Waals surface area contributed by atoms with Crippen LogP contribution in [0.1, 0.15) is 27.2 Å². The minimum Gasteiger partial charge on any atom is -0.460 e. The van der Waals surface area contributed by atoms with Crippen molar-refractivity contribution in [1.29, 1.82) is 0 Å². The molecule has 0 saturated carbocycles. The summed E-state index contributed by atoms with van der Waals surface area (Å²) in [5.74, 6) is -0.254. The van der Waals surface area contributed by atoms with Gasteiger partial charge in [0.15, 0.2) is 0 Å². The van der Waals surface area contributed by atoms with Crippen LogP contribution in [0.25, 0.3) is 0 Å². The van der Waals surface area contributed by atoms with Gasteiger partial charge in [-0.2, -0.15) is 0 Å². The van der Waals surface area contributed by atoms with Crippen LogP contribution in [-0.2, 0) is 14.3 Å². The lowest BCUT2D eigenvalue weighted by atomic mass is 10.2. The van der Waals surface area contributed by atoms with Gasteiger partial charge in [0.2, 0.25) is 0 Å². The van der Waals surface area contributed by atoms with E-state index in [0.717, 1.165) is 0 Å². The lowest BCUT2D eigenvalue weighted by Crippen LogP contribution is -2.28. The zero-order chi connectivity index (χ0) is 12.6. The van der Waals surface area contributed by atoms with Crippen LogP contribution in [0.5, 0.6) is 0 Å². The van der Waals surface area contributed by atoms with E-state index in [1.165, 1.54) is 0 Å². The van der Waals surface area contributed by atoms with Crippen molar-refractivity contribution in [3.8, 4) is 0 Å². The van der Waals surface area contributed by atoms with Gasteiger partial charge in [-0.3, -0.25) is 4.79 Å². The second-order valence-electron chi connectivity index (χ2n) is 4.25. The highest BCUT2D eigenvalue weighted by molar-refractivity contribution is 5.70. The second kappa shape index (κ2) is 7.05. The van der Waals surface area contributed by atoms with Crippen LogP contribution in [-0.4, -0.2) is 37.4 Å². The van der Waals surface area contributed by atoms with Crippen molar-refractivity contribution < 1.29 is 19.1 Å². The largest absolute Gasteiger partial charge is 0.460 e. The first-order chi connectivity index (χ1) is 7.31. The molecule has 0 heterocycles. The Morgan fingerprint density at radius 2 is 1.88 bits per heavy atom. The maximum Gasteiger partial charge on any atom is 0.404 e. The topological polar surface area (TPSA) is 90.7 Å². The van der Waals surface area contributed by atoms with Crippen LogP contribution in [0.15, 0.2) is 0 Å². The third kappa shape index (κ3) is 10.8. The van der Waals surface area contributed by atoms with Crippen molar-refractivity contribution in [3.05, 3.63) is 0 Å². The SMILES string of the molecule is CC(C)(C)OC(=O)CCNCCOC(N)=O. The van der Waals surface area contributed by atoms with Crippen molar-refractivity contribution >= 4 is 12.1 Å². The smallest absolute Gasteiger partial charge is 0.404 e. The molecule has 16 heavy (non-hydrogen) atoms. The van der Waals surface area contributed by atoms with E-state index >= 15 is 0 Å². The molecule has 0 aliphatic carbocycles. The fourth-order valence-corrected chi connectivity index (χ4v) is 0.932. The van der Waals surface area contributed by atoms with Crippen LogP contribution >= 0.6 is 0 Å². The summed E-state index contributed by atoms with van der Waals surface area (Å²) in [6, 6.07) is 0. The van der Waals surface area contributed by atoms with Gasteiger partial charge in [0.25, 0.3) is 0 Å². The maximum atomic E-state index is 11.2. The zero-order valence-electron chi connectivity index (χ0n) is 10.0. The van der Waals surface area contributed by atoms with E-state index in [9.17, 15) is 9.59 Å². The summed E-state index contributed by atoms with van der Waals surface area (Å²) >= 11 is 0. The molecule has 0 atom stereocenters. The monoisotopic (exact) mass is 232 g/mol. The second-order valence-corrected chi connectivity index (χ2v) is 4.25. The van der Waals surface area contributed by atoms with Crippen LogP contribution in [0.3, 0.4) is 0 Å². The predicted octanol–water partition coefficient (Wildman–Crippen LogP) is 0.403. The molecular weight excluding hydrogens is 212 g/mol. The quantitative estimate of drug-likeness (QED) is 0.511. The Morgan fingerprint density at radius 1 is 1.25 bits per heavy atom. The van der Waals surface area contributed by atoms with Crippen LogP contribution in [0.4, 0.5) is 4.79 Å². The molecule has 6 heteroatoms. The molecule has 0 spiro atoms. The van der Waals surface area contributed by atoms with Gasteiger partial charge in [0.05, 0.1) is 6.42 Å². The molecule has 0 aliphatic rings. The molecule has 0 rings (SSSR count). The first kappa shape index (κ1) is 14.7. The minimum absolute atomic E-state index is 0.198. The first-order valence-corrected chi connectivity index (χ1v) is 5.16. The number of esters is 1. The molecule has 1 amide bonds. The number of amides is 1. The van der Waals surface area contributed by atoms with E-state index in [1.54, 1.807) is 0 Å². The Hall–Kier alpha value is -1.30. The lowest BCUT2D eigenvalue weighted by Gasteiger charge is -2.19. The van der Waals surface area contributed by atoms with Crippen molar-refractivity contribution in [2.24, 2.45) is 5.73 Å². The average molecular weight is 232 g/mol. The van der Waals surface area contributed by atoms with Gasteiger partial charge < -0.3 is 20.5 Å². The first-order valence-electron chi connectivity index (χ1n) is 5.16. The number of hydrogen-bond donors (Lipinski definition) is 2. The lowest BCUT2D eigenvalue weighted by molar-refractivity contribution is -0.154. The number of hydrogen-bond acceptors (Lipinski definition) is 5. The highest BCUT2D eigenvalue weighted by atomic mass is 16.6. The molecule has 94 valence electrons.